The van der Waals surface area contributed by atoms with E-state index in [1.54, 1.807) is 0 Å². The van der Waals surface area contributed by atoms with Gasteiger partial charge in [-0.05, 0) is 0 Å². The van der Waals surface area contributed by atoms with Crippen molar-refractivity contribution in [3.05, 3.63) is 0 Å². The van der Waals surface area contributed by atoms with Gasteiger partial charge in [0.2, 0.25) is 5.91 Å². The van der Waals surface area contributed by atoms with Gasteiger partial charge >= 0.3 is 0 Å². The Morgan fingerprint density at radius 1 is 1.50 bits per heavy atom. The first-order valence-corrected chi connectivity index (χ1v) is 6.87. The molecule has 7 heteroatoms. The van der Waals surface area contributed by atoms with Gasteiger partial charge in [-0.1, -0.05) is 6.92 Å². The molecular formula is C9H19NO5S. The molecule has 96 valence electrons. The lowest BCUT2D eigenvalue weighted by Crippen LogP contribution is -2.36. The second kappa shape index (κ2) is 7.59. The fourth-order valence-corrected chi connectivity index (χ4v) is 1.92. The van der Waals surface area contributed by atoms with Crippen molar-refractivity contribution < 1.29 is 23.1 Å². The molecule has 0 bridgehead atoms. The Hall–Kier alpha value is -0.660. The van der Waals surface area contributed by atoms with E-state index >= 15 is 0 Å². The van der Waals surface area contributed by atoms with Crippen LogP contribution in [0.5, 0.6) is 0 Å². The Bertz CT molecular complexity index is 301. The van der Waals surface area contributed by atoms with E-state index < -0.39 is 15.9 Å². The number of carbonyl (C=O) groups is 1. The molecule has 0 saturated carbocycles. The van der Waals surface area contributed by atoms with Gasteiger partial charge in [-0.2, -0.15) is 0 Å². The highest BCUT2D eigenvalue weighted by atomic mass is 32.2. The van der Waals surface area contributed by atoms with Crippen molar-refractivity contribution in [2.75, 3.05) is 31.8 Å². The van der Waals surface area contributed by atoms with Gasteiger partial charge in [-0.15, -0.1) is 0 Å². The second-order valence-corrected chi connectivity index (χ2v) is 5.80. The predicted octanol–water partition coefficient (Wildman–Crippen LogP) is -1.07. The van der Waals surface area contributed by atoms with Crippen molar-refractivity contribution in [1.29, 1.82) is 0 Å². The quantitative estimate of drug-likeness (QED) is 0.575. The van der Waals surface area contributed by atoms with Crippen LogP contribution in [0.3, 0.4) is 0 Å². The average molecular weight is 253 g/mol. The van der Waals surface area contributed by atoms with Crippen molar-refractivity contribution in [1.82, 2.24) is 5.32 Å². The van der Waals surface area contributed by atoms with Gasteiger partial charge in [0.1, 0.15) is 0 Å². The van der Waals surface area contributed by atoms with E-state index in [1.165, 1.54) is 14.0 Å². The lowest BCUT2D eigenvalue weighted by molar-refractivity contribution is -0.122. The van der Waals surface area contributed by atoms with E-state index in [2.05, 4.69) is 5.32 Å². The summed E-state index contributed by atoms with van der Waals surface area (Å²) in [5.74, 6) is -0.606. The minimum absolute atomic E-state index is 0.0122. The molecule has 16 heavy (non-hydrogen) atoms. The van der Waals surface area contributed by atoms with Gasteiger partial charge in [-0.25, -0.2) is 8.42 Å². The monoisotopic (exact) mass is 253 g/mol. The number of methoxy groups -OCH3 is 1. The van der Waals surface area contributed by atoms with Crippen LogP contribution < -0.4 is 5.32 Å². The van der Waals surface area contributed by atoms with Crippen molar-refractivity contribution in [2.24, 2.45) is 0 Å². The number of amides is 1. The van der Waals surface area contributed by atoms with Crippen LogP contribution in [-0.2, 0) is 19.4 Å². The highest BCUT2D eigenvalue weighted by Gasteiger charge is 2.15. The first-order chi connectivity index (χ1) is 7.41. The topological polar surface area (TPSA) is 92.7 Å². The molecule has 0 fully saturated rings. The second-order valence-electron chi connectivity index (χ2n) is 3.40. The van der Waals surface area contributed by atoms with Crippen molar-refractivity contribution in [3.8, 4) is 0 Å². The zero-order valence-electron chi connectivity index (χ0n) is 9.60. The molecule has 1 amide bonds. The Labute approximate surface area is 95.9 Å². The summed E-state index contributed by atoms with van der Waals surface area (Å²) in [5.41, 5.74) is 0. The SMILES string of the molecule is CCS(=O)(=O)CC(O)CNC(=O)CCOC. The van der Waals surface area contributed by atoms with Crippen molar-refractivity contribution in [2.45, 2.75) is 19.4 Å². The summed E-state index contributed by atoms with van der Waals surface area (Å²) < 4.78 is 27.0. The Morgan fingerprint density at radius 2 is 2.12 bits per heavy atom. The summed E-state index contributed by atoms with van der Waals surface area (Å²) >= 11 is 0. The van der Waals surface area contributed by atoms with Crippen LogP contribution in [0.25, 0.3) is 0 Å². The minimum Gasteiger partial charge on any atom is -0.390 e. The smallest absolute Gasteiger partial charge is 0.222 e. The van der Waals surface area contributed by atoms with E-state index in [4.69, 9.17) is 4.74 Å². The number of nitrogens with one attached hydrogen (secondary N) is 1. The number of hydrogen-bond acceptors (Lipinski definition) is 5. The van der Waals surface area contributed by atoms with Crippen molar-refractivity contribution in [3.63, 3.8) is 0 Å². The largest absolute Gasteiger partial charge is 0.390 e. The number of carbonyl (C=O) groups excluding carboxylic acids is 1. The molecule has 0 rings (SSSR count). The van der Waals surface area contributed by atoms with Crippen LogP contribution in [0.1, 0.15) is 13.3 Å². The fourth-order valence-electron chi connectivity index (χ4n) is 0.985. The third-order valence-corrected chi connectivity index (χ3v) is 3.73. The summed E-state index contributed by atoms with van der Waals surface area (Å²) in [7, 11) is -1.73. The maximum absolute atomic E-state index is 11.1. The van der Waals surface area contributed by atoms with Crippen LogP contribution in [0.15, 0.2) is 0 Å². The molecule has 0 aliphatic rings. The van der Waals surface area contributed by atoms with E-state index in [0.29, 0.717) is 6.61 Å². The fraction of sp³-hybridized carbons (Fsp3) is 0.889. The summed E-state index contributed by atoms with van der Waals surface area (Å²) in [4.78, 5) is 11.1. The van der Waals surface area contributed by atoms with Gasteiger partial charge in [0.25, 0.3) is 0 Å². The highest BCUT2D eigenvalue weighted by Crippen LogP contribution is 1.94. The predicted molar refractivity (Wildman–Crippen MR) is 59.8 cm³/mol. The van der Waals surface area contributed by atoms with Crippen LogP contribution >= 0.6 is 0 Å². The van der Waals surface area contributed by atoms with Gasteiger partial charge in [0, 0.05) is 25.8 Å². The van der Waals surface area contributed by atoms with Crippen LogP contribution in [0, 0.1) is 0 Å². The third kappa shape index (κ3) is 7.61. The number of ether oxygens (including phenoxy) is 1. The number of aliphatic hydroxyl groups excluding tert-OH is 1. The molecule has 2 N–H and O–H groups in total. The molecule has 0 aromatic carbocycles. The molecule has 0 aromatic heterocycles. The Morgan fingerprint density at radius 3 is 2.62 bits per heavy atom. The van der Waals surface area contributed by atoms with E-state index in [9.17, 15) is 18.3 Å². The highest BCUT2D eigenvalue weighted by molar-refractivity contribution is 7.91. The van der Waals surface area contributed by atoms with E-state index in [-0.39, 0.29) is 30.4 Å². The first kappa shape index (κ1) is 15.3. The van der Waals surface area contributed by atoms with E-state index in [0.717, 1.165) is 0 Å². The van der Waals surface area contributed by atoms with Crippen molar-refractivity contribution >= 4 is 15.7 Å². The Kier molecular flexibility index (Phi) is 7.27. The van der Waals surface area contributed by atoms with Gasteiger partial charge in [-0.3, -0.25) is 4.79 Å². The zero-order valence-corrected chi connectivity index (χ0v) is 10.4. The van der Waals surface area contributed by atoms with Gasteiger partial charge in [0.15, 0.2) is 9.84 Å². The maximum Gasteiger partial charge on any atom is 0.222 e. The average Bonchev–Trinajstić information content (AvgIpc) is 2.23. The van der Waals surface area contributed by atoms with Crippen LogP contribution in [0.2, 0.25) is 0 Å². The molecule has 0 aromatic rings. The number of sulfone groups is 1. The summed E-state index contributed by atoms with van der Waals surface area (Å²) in [5, 5.41) is 11.8. The number of rotatable bonds is 8. The van der Waals surface area contributed by atoms with Gasteiger partial charge < -0.3 is 15.2 Å². The van der Waals surface area contributed by atoms with Crippen LogP contribution in [0.4, 0.5) is 0 Å². The Balaban J connectivity index is 3.81. The summed E-state index contributed by atoms with van der Waals surface area (Å²) in [6, 6.07) is 0. The molecule has 0 heterocycles. The van der Waals surface area contributed by atoms with Gasteiger partial charge in [0.05, 0.1) is 18.5 Å². The van der Waals surface area contributed by atoms with Crippen LogP contribution in [-0.4, -0.2) is 57.3 Å². The molecule has 0 aliphatic carbocycles. The first-order valence-electron chi connectivity index (χ1n) is 5.05. The molecule has 0 saturated heterocycles. The standard InChI is InChI=1S/C9H19NO5S/c1-3-16(13,14)7-8(11)6-10-9(12)4-5-15-2/h8,11H,3-7H2,1-2H3,(H,10,12). The van der Waals surface area contributed by atoms with E-state index in [1.807, 2.05) is 0 Å². The zero-order chi connectivity index (χ0) is 12.6. The molecule has 0 aliphatic heterocycles. The summed E-state index contributed by atoms with van der Waals surface area (Å²) in [6.07, 6.45) is -0.861. The molecule has 1 atom stereocenters. The minimum atomic E-state index is -3.21. The molecule has 6 nitrogen and oxygen atoms in total. The molecule has 1 unspecified atom stereocenters. The molecular weight excluding hydrogens is 234 g/mol. The third-order valence-electron chi connectivity index (χ3n) is 1.95. The maximum atomic E-state index is 11.1. The number of aliphatic hydroxyl groups is 1. The molecule has 0 spiro atoms. The lowest BCUT2D eigenvalue weighted by Gasteiger charge is -2.11. The molecule has 0 radical (unpaired) electrons. The summed E-state index contributed by atoms with van der Waals surface area (Å²) in [6.45, 7) is 1.76. The number of hydrogen-bond donors (Lipinski definition) is 2. The normalized spacial score (nSPS) is 13.4. The lowest BCUT2D eigenvalue weighted by atomic mass is 10.3.